The van der Waals surface area contributed by atoms with Gasteiger partial charge in [-0.1, -0.05) is 0 Å². The van der Waals surface area contributed by atoms with Crippen molar-refractivity contribution in [2.75, 3.05) is 13.1 Å². The van der Waals surface area contributed by atoms with Crippen molar-refractivity contribution in [1.82, 2.24) is 14.5 Å². The molecule has 0 bridgehead atoms. The summed E-state index contributed by atoms with van der Waals surface area (Å²) >= 11 is 0. The summed E-state index contributed by atoms with van der Waals surface area (Å²) in [5.41, 5.74) is 0.227. The van der Waals surface area contributed by atoms with Gasteiger partial charge in [-0.2, -0.15) is 0 Å². The molecular weight excluding hydrogens is 266 g/mol. The lowest BCUT2D eigenvalue weighted by Gasteiger charge is -2.34. The number of aliphatic carboxylic acids is 2. The molecule has 0 saturated carbocycles. The van der Waals surface area contributed by atoms with Crippen LogP contribution in [-0.4, -0.2) is 55.6 Å². The van der Waals surface area contributed by atoms with Crippen LogP contribution < -0.4 is 0 Å². The number of piperidine rings is 1. The van der Waals surface area contributed by atoms with Crippen molar-refractivity contribution in [3.8, 4) is 0 Å². The number of aromatic nitrogens is 2. The molecular formula is C12H15N3O5. The number of carboxylic acid groups (broad SMARTS) is 2. The minimum Gasteiger partial charge on any atom is -0.481 e. The molecule has 2 atom stereocenters. The fourth-order valence-corrected chi connectivity index (χ4v) is 2.37. The number of imidazole rings is 1. The number of likely N-dealkylation sites (tertiary alicyclic amines) is 1. The maximum atomic E-state index is 12.2. The van der Waals surface area contributed by atoms with Crippen LogP contribution in [0, 0.1) is 11.8 Å². The van der Waals surface area contributed by atoms with Gasteiger partial charge in [0.05, 0.1) is 18.2 Å². The first-order valence-corrected chi connectivity index (χ1v) is 6.13. The average molecular weight is 281 g/mol. The molecule has 1 aliphatic heterocycles. The number of amides is 1. The quantitative estimate of drug-likeness (QED) is 0.784. The van der Waals surface area contributed by atoms with E-state index >= 15 is 0 Å². The molecule has 0 radical (unpaired) electrons. The van der Waals surface area contributed by atoms with Crippen LogP contribution >= 0.6 is 0 Å². The highest BCUT2D eigenvalue weighted by Gasteiger charge is 2.40. The summed E-state index contributed by atoms with van der Waals surface area (Å²) in [6, 6.07) is 0. The van der Waals surface area contributed by atoms with E-state index in [4.69, 9.17) is 10.2 Å². The van der Waals surface area contributed by atoms with Gasteiger partial charge in [-0.05, 0) is 6.42 Å². The normalized spacial score (nSPS) is 22.6. The third kappa shape index (κ3) is 2.63. The van der Waals surface area contributed by atoms with Gasteiger partial charge in [0, 0.05) is 26.3 Å². The number of carbonyl (C=O) groups excluding carboxylic acids is 1. The van der Waals surface area contributed by atoms with Gasteiger partial charge in [-0.25, -0.2) is 4.98 Å². The average Bonchev–Trinajstić information content (AvgIpc) is 2.83. The third-order valence-corrected chi connectivity index (χ3v) is 3.46. The molecule has 8 heteroatoms. The van der Waals surface area contributed by atoms with E-state index in [-0.39, 0.29) is 31.1 Å². The smallest absolute Gasteiger partial charge is 0.309 e. The fourth-order valence-electron chi connectivity index (χ4n) is 2.37. The highest BCUT2D eigenvalue weighted by molar-refractivity contribution is 5.93. The molecule has 0 aliphatic carbocycles. The minimum atomic E-state index is -1.20. The van der Waals surface area contributed by atoms with E-state index in [1.807, 2.05) is 0 Å². The molecule has 2 N–H and O–H groups in total. The first-order valence-electron chi connectivity index (χ1n) is 6.13. The molecule has 1 aliphatic rings. The lowest BCUT2D eigenvalue weighted by atomic mass is 9.85. The summed E-state index contributed by atoms with van der Waals surface area (Å²) in [5.74, 6) is -4.76. The van der Waals surface area contributed by atoms with Crippen molar-refractivity contribution < 1.29 is 24.6 Å². The molecule has 0 spiro atoms. The topological polar surface area (TPSA) is 113 Å². The van der Waals surface area contributed by atoms with E-state index < -0.39 is 23.8 Å². The summed E-state index contributed by atoms with van der Waals surface area (Å²) < 4.78 is 1.62. The van der Waals surface area contributed by atoms with Gasteiger partial charge >= 0.3 is 11.9 Å². The Morgan fingerprint density at radius 1 is 1.25 bits per heavy atom. The Hall–Kier alpha value is -2.38. The molecule has 8 nitrogen and oxygen atoms in total. The largest absolute Gasteiger partial charge is 0.481 e. The Balaban J connectivity index is 2.14. The van der Waals surface area contributed by atoms with Gasteiger partial charge in [0.15, 0.2) is 0 Å². The summed E-state index contributed by atoms with van der Waals surface area (Å²) in [6.07, 6.45) is 3.15. The van der Waals surface area contributed by atoms with Crippen LogP contribution in [0.4, 0.5) is 0 Å². The van der Waals surface area contributed by atoms with Crippen LogP contribution in [0.5, 0.6) is 0 Å². The van der Waals surface area contributed by atoms with Crippen LogP contribution in [0.2, 0.25) is 0 Å². The SMILES string of the molecule is Cn1cnc(C(=O)N2CCC(C(=O)O)C(C(=O)O)C2)c1. The maximum absolute atomic E-state index is 12.2. The fraction of sp³-hybridized carbons (Fsp3) is 0.500. The van der Waals surface area contributed by atoms with Crippen LogP contribution in [-0.2, 0) is 16.6 Å². The summed E-state index contributed by atoms with van der Waals surface area (Å²) in [6.45, 7) is 0.109. The first kappa shape index (κ1) is 14.0. The first-order chi connectivity index (χ1) is 9.40. The highest BCUT2D eigenvalue weighted by Crippen LogP contribution is 2.25. The number of rotatable bonds is 3. The monoisotopic (exact) mass is 281 g/mol. The van der Waals surface area contributed by atoms with Crippen LogP contribution in [0.25, 0.3) is 0 Å². The second kappa shape index (κ2) is 5.32. The van der Waals surface area contributed by atoms with Crippen molar-refractivity contribution in [1.29, 1.82) is 0 Å². The minimum absolute atomic E-state index is 0.109. The summed E-state index contributed by atoms with van der Waals surface area (Å²) in [4.78, 5) is 39.6. The second-order valence-corrected chi connectivity index (χ2v) is 4.85. The van der Waals surface area contributed by atoms with E-state index in [9.17, 15) is 14.4 Å². The molecule has 2 rings (SSSR count). The summed E-state index contributed by atoms with van der Waals surface area (Å²) in [7, 11) is 1.72. The lowest BCUT2D eigenvalue weighted by molar-refractivity contribution is -0.156. The van der Waals surface area contributed by atoms with E-state index in [0.29, 0.717) is 0 Å². The molecule has 2 heterocycles. The van der Waals surface area contributed by atoms with Gasteiger partial charge in [-0.15, -0.1) is 0 Å². The van der Waals surface area contributed by atoms with Crippen molar-refractivity contribution in [2.45, 2.75) is 6.42 Å². The molecule has 0 aromatic carbocycles. The molecule has 2 unspecified atom stereocenters. The Kier molecular flexibility index (Phi) is 3.73. The zero-order chi connectivity index (χ0) is 14.9. The van der Waals surface area contributed by atoms with E-state index in [1.165, 1.54) is 11.2 Å². The van der Waals surface area contributed by atoms with Crippen LogP contribution in [0.1, 0.15) is 16.9 Å². The number of nitrogens with zero attached hydrogens (tertiary/aromatic N) is 3. The predicted molar refractivity (Wildman–Crippen MR) is 66.0 cm³/mol. The van der Waals surface area contributed by atoms with Crippen LogP contribution in [0.3, 0.4) is 0 Å². The number of aryl methyl sites for hydroxylation is 1. The van der Waals surface area contributed by atoms with Gasteiger partial charge < -0.3 is 19.7 Å². The van der Waals surface area contributed by atoms with E-state index in [0.717, 1.165) is 0 Å². The second-order valence-electron chi connectivity index (χ2n) is 4.85. The van der Waals surface area contributed by atoms with Crippen molar-refractivity contribution >= 4 is 17.8 Å². The molecule has 108 valence electrons. The van der Waals surface area contributed by atoms with Crippen molar-refractivity contribution in [2.24, 2.45) is 18.9 Å². The number of hydrogen-bond donors (Lipinski definition) is 2. The Bertz CT molecular complexity index is 553. The van der Waals surface area contributed by atoms with Crippen molar-refractivity contribution in [3.63, 3.8) is 0 Å². The molecule has 1 fully saturated rings. The number of carbonyl (C=O) groups is 3. The van der Waals surface area contributed by atoms with Crippen molar-refractivity contribution in [3.05, 3.63) is 18.2 Å². The predicted octanol–water partition coefficient (Wildman–Crippen LogP) is -0.332. The zero-order valence-corrected chi connectivity index (χ0v) is 10.9. The molecule has 20 heavy (non-hydrogen) atoms. The number of carboxylic acids is 2. The Morgan fingerprint density at radius 2 is 1.90 bits per heavy atom. The van der Waals surface area contributed by atoms with Crippen LogP contribution in [0.15, 0.2) is 12.5 Å². The molecule has 1 saturated heterocycles. The Morgan fingerprint density at radius 3 is 2.40 bits per heavy atom. The summed E-state index contributed by atoms with van der Waals surface area (Å²) in [5, 5.41) is 18.1. The zero-order valence-electron chi connectivity index (χ0n) is 10.9. The standard InChI is InChI=1S/C12H15N3O5/c1-14-5-9(13-6-14)10(16)15-3-2-7(11(17)18)8(4-15)12(19)20/h5-8H,2-4H2,1H3,(H,17,18)(H,19,20). The molecule has 1 aromatic heterocycles. The van der Waals surface area contributed by atoms with Gasteiger partial charge in [0.1, 0.15) is 5.69 Å². The third-order valence-electron chi connectivity index (χ3n) is 3.46. The Labute approximate surface area is 114 Å². The van der Waals surface area contributed by atoms with Gasteiger partial charge in [-0.3, -0.25) is 14.4 Å². The number of hydrogen-bond acceptors (Lipinski definition) is 4. The van der Waals surface area contributed by atoms with E-state index in [1.54, 1.807) is 17.8 Å². The maximum Gasteiger partial charge on any atom is 0.309 e. The van der Waals surface area contributed by atoms with E-state index in [2.05, 4.69) is 4.98 Å². The molecule has 1 aromatic rings. The van der Waals surface area contributed by atoms with Gasteiger partial charge in [0.2, 0.25) is 0 Å². The lowest BCUT2D eigenvalue weighted by Crippen LogP contribution is -2.48. The van der Waals surface area contributed by atoms with Gasteiger partial charge in [0.25, 0.3) is 5.91 Å². The highest BCUT2D eigenvalue weighted by atomic mass is 16.4. The molecule has 1 amide bonds.